The molecule has 4 heteroatoms. The first kappa shape index (κ1) is 37.0. The van der Waals surface area contributed by atoms with Crippen molar-refractivity contribution in [2.24, 2.45) is 0 Å². The Balaban J connectivity index is 1.01. The molecule has 0 fully saturated rings. The van der Waals surface area contributed by atoms with Crippen LogP contribution >= 0.6 is 0 Å². The molecule has 0 unspecified atom stereocenters. The lowest BCUT2D eigenvalue weighted by Crippen LogP contribution is -2.32. The van der Waals surface area contributed by atoms with Crippen molar-refractivity contribution in [1.82, 2.24) is 0 Å². The quantitative estimate of drug-likeness (QED) is 0.160. The van der Waals surface area contributed by atoms with Crippen LogP contribution in [-0.2, 0) is 5.41 Å². The normalized spacial score (nSPS) is 12.9. The van der Waals surface area contributed by atoms with Crippen LogP contribution < -0.4 is 14.5 Å². The van der Waals surface area contributed by atoms with Gasteiger partial charge in [0.15, 0.2) is 5.58 Å². The topological polar surface area (TPSA) is 28.9 Å². The number of benzene rings is 10. The lowest BCUT2D eigenvalue weighted by molar-refractivity contribution is 0.436. The van der Waals surface area contributed by atoms with Crippen LogP contribution in [0.1, 0.15) is 22.3 Å². The van der Waals surface area contributed by atoms with Crippen molar-refractivity contribution < 1.29 is 9.15 Å². The molecule has 0 saturated heterocycles. The Bertz CT molecular complexity index is 3530. The number of furan rings is 1. The summed E-state index contributed by atoms with van der Waals surface area (Å²) >= 11 is 0. The lowest BCUT2D eigenvalue weighted by Gasteiger charge is -2.40. The van der Waals surface area contributed by atoms with Crippen LogP contribution in [0.25, 0.3) is 44.2 Å². The third-order valence-electron chi connectivity index (χ3n) is 13.3. The average Bonchev–Trinajstić information content (AvgIpc) is 3.90. The molecule has 0 radical (unpaired) electrons. The van der Waals surface area contributed by atoms with Crippen LogP contribution in [0.3, 0.4) is 0 Å². The molecule has 10 aromatic carbocycles. The van der Waals surface area contributed by atoms with Gasteiger partial charge in [-0.05, 0) is 118 Å². The molecule has 1 spiro atoms. The second-order valence-electron chi connectivity index (χ2n) is 16.8. The molecule has 1 aromatic heterocycles. The van der Waals surface area contributed by atoms with Gasteiger partial charge in [-0.1, -0.05) is 158 Å². The molecule has 1 aliphatic heterocycles. The summed E-state index contributed by atoms with van der Waals surface area (Å²) in [5.41, 5.74) is 16.8. The van der Waals surface area contributed by atoms with Gasteiger partial charge in [-0.15, -0.1) is 0 Å². The van der Waals surface area contributed by atoms with Crippen LogP contribution in [-0.4, -0.2) is 0 Å². The standard InChI is InChI=1S/C61H40N2O2/c1-3-16-41(17-4-1)42-30-32-44(33-31-42)62(43-18-5-2-6-19-43)45-34-36-46(37-35-45)63(56-27-15-23-51-50-22-9-13-28-57(50)65-60(51)56)47-38-39-59-55(40-47)61(54-26-12-14-29-58(54)64-59)52-24-10-7-20-48(52)49-21-8-11-25-53(49)61/h1-40H. The van der Waals surface area contributed by atoms with Crippen molar-refractivity contribution in [3.63, 3.8) is 0 Å². The van der Waals surface area contributed by atoms with E-state index in [9.17, 15) is 0 Å². The number of anilines is 6. The van der Waals surface area contributed by atoms with E-state index in [1.54, 1.807) is 0 Å². The Morgan fingerprint density at radius 2 is 0.831 bits per heavy atom. The van der Waals surface area contributed by atoms with Crippen LogP contribution in [0, 0.1) is 0 Å². The van der Waals surface area contributed by atoms with Crippen molar-refractivity contribution >= 4 is 56.1 Å². The zero-order valence-corrected chi connectivity index (χ0v) is 35.3. The summed E-state index contributed by atoms with van der Waals surface area (Å²) in [5.74, 6) is 1.71. The second kappa shape index (κ2) is 14.8. The van der Waals surface area contributed by atoms with E-state index in [-0.39, 0.29) is 0 Å². The Labute approximate surface area is 377 Å². The molecule has 306 valence electrons. The van der Waals surface area contributed by atoms with Gasteiger partial charge in [-0.2, -0.15) is 0 Å². The summed E-state index contributed by atoms with van der Waals surface area (Å²) in [6, 6.07) is 86.6. The molecule has 1 aliphatic carbocycles. The highest BCUT2D eigenvalue weighted by molar-refractivity contribution is 6.10. The third kappa shape index (κ3) is 5.71. The Hall–Kier alpha value is -8.60. The van der Waals surface area contributed by atoms with Gasteiger partial charge < -0.3 is 19.0 Å². The summed E-state index contributed by atoms with van der Waals surface area (Å²) in [4.78, 5) is 4.66. The maximum atomic E-state index is 6.87. The van der Waals surface area contributed by atoms with E-state index in [2.05, 4.69) is 246 Å². The molecule has 0 atom stereocenters. The maximum absolute atomic E-state index is 6.87. The van der Waals surface area contributed by atoms with Crippen LogP contribution in [0.2, 0.25) is 0 Å². The molecule has 65 heavy (non-hydrogen) atoms. The fourth-order valence-electron chi connectivity index (χ4n) is 10.5. The van der Waals surface area contributed by atoms with Crippen molar-refractivity contribution in [2.75, 3.05) is 9.80 Å². The zero-order chi connectivity index (χ0) is 42.9. The van der Waals surface area contributed by atoms with Gasteiger partial charge in [-0.25, -0.2) is 0 Å². The predicted molar refractivity (Wildman–Crippen MR) is 266 cm³/mol. The van der Waals surface area contributed by atoms with Crippen molar-refractivity contribution in [3.8, 4) is 33.8 Å². The van der Waals surface area contributed by atoms with Crippen LogP contribution in [0.4, 0.5) is 34.1 Å². The average molecular weight is 833 g/mol. The first-order valence-electron chi connectivity index (χ1n) is 22.2. The van der Waals surface area contributed by atoms with Crippen molar-refractivity contribution in [3.05, 3.63) is 265 Å². The van der Waals surface area contributed by atoms with E-state index < -0.39 is 5.41 Å². The monoisotopic (exact) mass is 832 g/mol. The number of fused-ring (bicyclic) bond motifs is 12. The van der Waals surface area contributed by atoms with E-state index in [0.717, 1.165) is 78.7 Å². The molecule has 2 aliphatic rings. The van der Waals surface area contributed by atoms with Crippen molar-refractivity contribution in [2.45, 2.75) is 5.41 Å². The summed E-state index contributed by atoms with van der Waals surface area (Å²) < 4.78 is 13.7. The predicted octanol–water partition coefficient (Wildman–Crippen LogP) is 16.7. The summed E-state index contributed by atoms with van der Waals surface area (Å²) in [6.07, 6.45) is 0. The van der Waals surface area contributed by atoms with Gasteiger partial charge >= 0.3 is 0 Å². The molecular weight excluding hydrogens is 793 g/mol. The SMILES string of the molecule is c1ccc(-c2ccc(N(c3ccccc3)c3ccc(N(c4ccc5c(c4)C4(c6ccccc6O5)c5ccccc5-c5ccccc54)c4cccc5c4oc4ccccc45)cc3)cc2)cc1. The zero-order valence-electron chi connectivity index (χ0n) is 35.3. The van der Waals surface area contributed by atoms with Gasteiger partial charge in [0.25, 0.3) is 0 Å². The number of nitrogens with zero attached hydrogens (tertiary/aromatic N) is 2. The maximum Gasteiger partial charge on any atom is 0.159 e. The summed E-state index contributed by atoms with van der Waals surface area (Å²) in [5, 5.41) is 2.16. The Kier molecular flexibility index (Phi) is 8.40. The molecule has 11 aromatic rings. The minimum atomic E-state index is -0.611. The van der Waals surface area contributed by atoms with Crippen LogP contribution in [0.15, 0.2) is 247 Å². The highest BCUT2D eigenvalue weighted by Crippen LogP contribution is 2.62. The van der Waals surface area contributed by atoms with Gasteiger partial charge in [0, 0.05) is 50.3 Å². The number of ether oxygens (including phenoxy) is 1. The molecule has 13 rings (SSSR count). The number of hydrogen-bond acceptors (Lipinski definition) is 4. The Morgan fingerprint density at radius 1 is 0.323 bits per heavy atom. The highest BCUT2D eigenvalue weighted by Gasteiger charge is 2.51. The number of hydrogen-bond donors (Lipinski definition) is 0. The van der Waals surface area contributed by atoms with Gasteiger partial charge in [0.05, 0.1) is 11.1 Å². The van der Waals surface area contributed by atoms with E-state index in [4.69, 9.17) is 9.15 Å². The first-order valence-corrected chi connectivity index (χ1v) is 22.2. The molecule has 0 bridgehead atoms. The minimum absolute atomic E-state index is 0.611. The fraction of sp³-hybridized carbons (Fsp3) is 0.0164. The molecular formula is C61H40N2O2. The van der Waals surface area contributed by atoms with Gasteiger partial charge in [-0.3, -0.25) is 0 Å². The van der Waals surface area contributed by atoms with Crippen molar-refractivity contribution in [1.29, 1.82) is 0 Å². The van der Waals surface area contributed by atoms with Gasteiger partial charge in [0.1, 0.15) is 17.1 Å². The molecule has 4 nitrogen and oxygen atoms in total. The number of para-hydroxylation sites is 4. The van der Waals surface area contributed by atoms with E-state index in [0.29, 0.717) is 0 Å². The van der Waals surface area contributed by atoms with E-state index in [1.165, 1.54) is 33.4 Å². The third-order valence-corrected chi connectivity index (χ3v) is 13.3. The summed E-state index contributed by atoms with van der Waals surface area (Å²) in [7, 11) is 0. The second-order valence-corrected chi connectivity index (χ2v) is 16.8. The largest absolute Gasteiger partial charge is 0.457 e. The molecule has 0 saturated carbocycles. The smallest absolute Gasteiger partial charge is 0.159 e. The minimum Gasteiger partial charge on any atom is -0.457 e. The highest BCUT2D eigenvalue weighted by atomic mass is 16.5. The number of rotatable bonds is 7. The van der Waals surface area contributed by atoms with E-state index >= 15 is 0 Å². The summed E-state index contributed by atoms with van der Waals surface area (Å²) in [6.45, 7) is 0. The van der Waals surface area contributed by atoms with Crippen LogP contribution in [0.5, 0.6) is 11.5 Å². The fourth-order valence-corrected chi connectivity index (χ4v) is 10.5. The molecule has 0 N–H and O–H groups in total. The first-order chi connectivity index (χ1) is 32.2. The Morgan fingerprint density at radius 3 is 1.55 bits per heavy atom. The van der Waals surface area contributed by atoms with Gasteiger partial charge in [0.2, 0.25) is 0 Å². The molecule has 2 heterocycles. The van der Waals surface area contributed by atoms with E-state index in [1.807, 2.05) is 6.07 Å². The molecule has 0 amide bonds. The lowest BCUT2D eigenvalue weighted by atomic mass is 9.66.